The number of rotatable bonds is 5. The number of nitrogens with zero attached hydrogens (tertiary/aromatic N) is 3. The second-order valence-electron chi connectivity index (χ2n) is 7.28. The predicted octanol–water partition coefficient (Wildman–Crippen LogP) is 3.02. The summed E-state index contributed by atoms with van der Waals surface area (Å²) in [7, 11) is 0. The van der Waals surface area contributed by atoms with Crippen molar-refractivity contribution in [2.75, 3.05) is 19.7 Å². The van der Waals surface area contributed by atoms with Crippen molar-refractivity contribution in [2.45, 2.75) is 31.9 Å². The van der Waals surface area contributed by atoms with E-state index in [2.05, 4.69) is 15.3 Å². The van der Waals surface area contributed by atoms with Crippen molar-refractivity contribution < 1.29 is 33.3 Å². The Labute approximate surface area is 176 Å². The topological polar surface area (TPSA) is 123 Å². The van der Waals surface area contributed by atoms with Crippen molar-refractivity contribution in [2.24, 2.45) is 0 Å². The van der Waals surface area contributed by atoms with E-state index in [0.29, 0.717) is 42.9 Å². The summed E-state index contributed by atoms with van der Waals surface area (Å²) in [5.74, 6) is -0.185. The van der Waals surface area contributed by atoms with Gasteiger partial charge in [-0.3, -0.25) is 0 Å². The second kappa shape index (κ2) is 8.62. The maximum absolute atomic E-state index is 14.6. The molecule has 2 aromatic rings. The third kappa shape index (κ3) is 4.60. The maximum atomic E-state index is 14.6. The van der Waals surface area contributed by atoms with Gasteiger partial charge in [0.15, 0.2) is 11.6 Å². The highest BCUT2D eigenvalue weighted by molar-refractivity contribution is 5.70. The Balaban J connectivity index is 1.44. The molecule has 164 valence electrons. The molecule has 31 heavy (non-hydrogen) atoms. The van der Waals surface area contributed by atoms with Crippen LogP contribution in [0.1, 0.15) is 30.0 Å². The number of carboxylic acid groups (broad SMARTS) is 1. The number of benzene rings is 1. The summed E-state index contributed by atoms with van der Waals surface area (Å²) in [6, 6.07) is 3.96. The number of alkyl carbamates (subject to hydrolysis) is 1. The molecule has 2 fully saturated rings. The van der Waals surface area contributed by atoms with E-state index in [0.717, 1.165) is 0 Å². The number of nitrogens with one attached hydrogen (secondary N) is 1. The number of amides is 2. The van der Waals surface area contributed by atoms with Gasteiger partial charge < -0.3 is 29.5 Å². The van der Waals surface area contributed by atoms with Gasteiger partial charge in [0.05, 0.1) is 11.6 Å². The molecular weight excluding hydrogens is 411 g/mol. The molecule has 10 nitrogen and oxygen atoms in total. The van der Waals surface area contributed by atoms with E-state index in [4.69, 9.17) is 19.3 Å². The molecule has 2 aliphatic heterocycles. The first-order valence-electron chi connectivity index (χ1n) is 9.77. The number of carbonyl (C=O) groups is 2. The zero-order valence-corrected chi connectivity index (χ0v) is 16.7. The van der Waals surface area contributed by atoms with Gasteiger partial charge in [0.1, 0.15) is 19.0 Å². The summed E-state index contributed by atoms with van der Waals surface area (Å²) in [6.45, 7) is 2.61. The fourth-order valence-corrected chi connectivity index (χ4v) is 3.45. The van der Waals surface area contributed by atoms with Gasteiger partial charge in [0, 0.05) is 25.9 Å². The van der Waals surface area contributed by atoms with Gasteiger partial charge in [-0.1, -0.05) is 6.07 Å². The highest BCUT2D eigenvalue weighted by Crippen LogP contribution is 2.31. The average molecular weight is 432 g/mol. The molecule has 0 unspecified atom stereocenters. The second-order valence-corrected chi connectivity index (χ2v) is 7.28. The minimum absolute atomic E-state index is 0.0310. The van der Waals surface area contributed by atoms with Crippen molar-refractivity contribution in [1.82, 2.24) is 20.2 Å². The Hall–Kier alpha value is -3.63. The molecule has 1 atom stereocenters. The molecule has 1 aromatic carbocycles. The summed E-state index contributed by atoms with van der Waals surface area (Å²) in [6.07, 6.45) is 0.692. The summed E-state index contributed by atoms with van der Waals surface area (Å²) in [5, 5.41) is 11.6. The van der Waals surface area contributed by atoms with Crippen LogP contribution in [0.25, 0.3) is 0 Å². The Morgan fingerprint density at radius 1 is 1.29 bits per heavy atom. The lowest BCUT2D eigenvalue weighted by Crippen LogP contribution is -2.41. The lowest BCUT2D eigenvalue weighted by Gasteiger charge is -2.30. The number of likely N-dealkylation sites (tertiary alicyclic amines) is 1. The molecular formula is C20H21FN4O6. The monoisotopic (exact) mass is 432 g/mol. The van der Waals surface area contributed by atoms with Crippen LogP contribution in [0.4, 0.5) is 14.0 Å². The van der Waals surface area contributed by atoms with Gasteiger partial charge in [-0.25, -0.2) is 23.9 Å². The van der Waals surface area contributed by atoms with Crippen molar-refractivity contribution in [1.29, 1.82) is 0 Å². The lowest BCUT2D eigenvalue weighted by molar-refractivity contribution is 0.0864. The predicted molar refractivity (Wildman–Crippen MR) is 104 cm³/mol. The molecule has 0 bridgehead atoms. The standard InChI is InChI=1S/C20H21FN4O6/c1-11-17(30-13-4-6-25(7-5-13)20(27)28)22-10-23-18(11)31-16-3-2-12(8-14(16)21)15-9-29-19(26)24-15/h2-3,8,10,13,15H,4-7,9H2,1H3,(H,24,26)(H,27,28)/t15-/m1/s1. The molecule has 3 heterocycles. The zero-order chi connectivity index (χ0) is 22.0. The van der Waals surface area contributed by atoms with Crippen LogP contribution in [-0.4, -0.2) is 58.0 Å². The summed E-state index contributed by atoms with van der Waals surface area (Å²) in [4.78, 5) is 31.7. The third-order valence-corrected chi connectivity index (χ3v) is 5.22. The molecule has 2 amide bonds. The van der Waals surface area contributed by atoms with E-state index in [1.54, 1.807) is 13.0 Å². The summed E-state index contributed by atoms with van der Waals surface area (Å²) >= 11 is 0. The van der Waals surface area contributed by atoms with Crippen molar-refractivity contribution in [3.05, 3.63) is 41.5 Å². The van der Waals surface area contributed by atoms with Crippen molar-refractivity contribution >= 4 is 12.2 Å². The third-order valence-electron chi connectivity index (χ3n) is 5.22. The number of hydrogen-bond acceptors (Lipinski definition) is 7. The van der Waals surface area contributed by atoms with Gasteiger partial charge in [0.25, 0.3) is 0 Å². The number of aromatic nitrogens is 2. The minimum atomic E-state index is -0.941. The average Bonchev–Trinajstić information content (AvgIpc) is 3.19. The SMILES string of the molecule is Cc1c(Oc2ccc([C@H]3COC(=O)N3)cc2F)ncnc1OC1CCN(C(=O)O)CC1. The largest absolute Gasteiger partial charge is 0.474 e. The van der Waals surface area contributed by atoms with Crippen LogP contribution >= 0.6 is 0 Å². The highest BCUT2D eigenvalue weighted by atomic mass is 19.1. The van der Waals surface area contributed by atoms with Gasteiger partial charge >= 0.3 is 12.2 Å². The first-order valence-corrected chi connectivity index (χ1v) is 9.77. The number of carbonyl (C=O) groups excluding carboxylic acids is 1. The molecule has 2 N–H and O–H groups in total. The molecule has 2 aliphatic rings. The summed E-state index contributed by atoms with van der Waals surface area (Å²) in [5.41, 5.74) is 1.06. The van der Waals surface area contributed by atoms with Crippen LogP contribution in [0.2, 0.25) is 0 Å². The normalized spacial score (nSPS) is 19.0. The number of piperidine rings is 1. The quantitative estimate of drug-likeness (QED) is 0.739. The minimum Gasteiger partial charge on any atom is -0.474 e. The van der Waals surface area contributed by atoms with Gasteiger partial charge in [-0.05, 0) is 24.6 Å². The van der Waals surface area contributed by atoms with Crippen LogP contribution in [0.3, 0.4) is 0 Å². The number of ether oxygens (including phenoxy) is 3. The molecule has 0 aliphatic carbocycles. The van der Waals surface area contributed by atoms with Crippen molar-refractivity contribution in [3.63, 3.8) is 0 Å². The molecule has 0 saturated carbocycles. The Morgan fingerprint density at radius 2 is 2.03 bits per heavy atom. The summed E-state index contributed by atoms with van der Waals surface area (Å²) < 4.78 is 31.0. The molecule has 11 heteroatoms. The van der Waals surface area contributed by atoms with Crippen LogP contribution < -0.4 is 14.8 Å². The van der Waals surface area contributed by atoms with Crippen LogP contribution in [-0.2, 0) is 4.74 Å². The molecule has 1 aromatic heterocycles. The van der Waals surface area contributed by atoms with E-state index in [1.807, 2.05) is 0 Å². The van der Waals surface area contributed by atoms with E-state index in [9.17, 15) is 14.0 Å². The van der Waals surface area contributed by atoms with E-state index >= 15 is 0 Å². The number of hydrogen-bond donors (Lipinski definition) is 2. The number of halogens is 1. The van der Waals surface area contributed by atoms with Crippen molar-refractivity contribution in [3.8, 4) is 17.5 Å². The molecule has 0 spiro atoms. The van der Waals surface area contributed by atoms with Gasteiger partial charge in [-0.15, -0.1) is 0 Å². The first-order chi connectivity index (χ1) is 14.9. The fourth-order valence-electron chi connectivity index (χ4n) is 3.45. The first kappa shape index (κ1) is 20.6. The fraction of sp³-hybridized carbons (Fsp3) is 0.400. The Kier molecular flexibility index (Phi) is 5.74. The lowest BCUT2D eigenvalue weighted by atomic mass is 10.1. The van der Waals surface area contributed by atoms with E-state index < -0.39 is 24.0 Å². The van der Waals surface area contributed by atoms with E-state index in [1.165, 1.54) is 23.4 Å². The van der Waals surface area contributed by atoms with Crippen LogP contribution in [0.15, 0.2) is 24.5 Å². The zero-order valence-electron chi connectivity index (χ0n) is 16.7. The van der Waals surface area contributed by atoms with E-state index in [-0.39, 0.29) is 24.3 Å². The van der Waals surface area contributed by atoms with Crippen LogP contribution in [0, 0.1) is 12.7 Å². The highest BCUT2D eigenvalue weighted by Gasteiger charge is 2.26. The van der Waals surface area contributed by atoms with Gasteiger partial charge in [0.2, 0.25) is 11.8 Å². The Bertz CT molecular complexity index is 996. The molecule has 4 rings (SSSR count). The van der Waals surface area contributed by atoms with Gasteiger partial charge in [-0.2, -0.15) is 0 Å². The molecule has 2 saturated heterocycles. The number of cyclic esters (lactones) is 1. The smallest absolute Gasteiger partial charge is 0.407 e. The maximum Gasteiger partial charge on any atom is 0.407 e. The Morgan fingerprint density at radius 3 is 2.68 bits per heavy atom. The molecule has 0 radical (unpaired) electrons. The van der Waals surface area contributed by atoms with Crippen LogP contribution in [0.5, 0.6) is 17.5 Å².